The molecule has 0 unspecified atom stereocenters. The summed E-state index contributed by atoms with van der Waals surface area (Å²) in [5.41, 5.74) is 2.67. The van der Waals surface area contributed by atoms with Crippen LogP contribution in [0.15, 0.2) is 18.3 Å². The van der Waals surface area contributed by atoms with Crippen molar-refractivity contribution < 1.29 is 4.79 Å². The van der Waals surface area contributed by atoms with Gasteiger partial charge in [-0.2, -0.15) is 10.2 Å². The van der Waals surface area contributed by atoms with Crippen molar-refractivity contribution in [1.29, 1.82) is 0 Å². The Morgan fingerprint density at radius 3 is 2.90 bits per heavy atom. The Labute approximate surface area is 115 Å². The zero-order valence-corrected chi connectivity index (χ0v) is 11.4. The minimum Gasteiger partial charge on any atom is -0.306 e. The van der Waals surface area contributed by atoms with E-state index >= 15 is 0 Å². The van der Waals surface area contributed by atoms with Crippen molar-refractivity contribution in [3.05, 3.63) is 35.3 Å². The SMILES string of the molecule is Cc1nn(C)c(C)c1C(=O)Nc1[nH]nc2ncccc12. The van der Waals surface area contributed by atoms with Gasteiger partial charge < -0.3 is 5.32 Å². The average molecular weight is 270 g/mol. The molecular weight excluding hydrogens is 256 g/mol. The molecule has 0 bridgehead atoms. The first-order valence-corrected chi connectivity index (χ1v) is 6.18. The second-order valence-corrected chi connectivity index (χ2v) is 4.60. The number of fused-ring (bicyclic) bond motifs is 1. The predicted molar refractivity (Wildman–Crippen MR) is 74.5 cm³/mol. The fourth-order valence-corrected chi connectivity index (χ4v) is 2.22. The van der Waals surface area contributed by atoms with Crippen molar-refractivity contribution >= 4 is 22.8 Å². The number of H-pyrrole nitrogens is 1. The van der Waals surface area contributed by atoms with Crippen LogP contribution in [0.3, 0.4) is 0 Å². The number of pyridine rings is 1. The van der Waals surface area contributed by atoms with Crippen LogP contribution in [0.5, 0.6) is 0 Å². The lowest BCUT2D eigenvalue weighted by molar-refractivity contribution is 0.102. The van der Waals surface area contributed by atoms with E-state index in [0.29, 0.717) is 22.7 Å². The van der Waals surface area contributed by atoms with E-state index in [4.69, 9.17) is 0 Å². The molecule has 0 fully saturated rings. The number of amides is 1. The maximum atomic E-state index is 12.4. The number of hydrogen-bond donors (Lipinski definition) is 2. The van der Waals surface area contributed by atoms with Crippen LogP contribution in [-0.2, 0) is 7.05 Å². The highest BCUT2D eigenvalue weighted by Crippen LogP contribution is 2.20. The monoisotopic (exact) mass is 270 g/mol. The standard InChI is InChI=1S/C13H14N6O/c1-7-10(8(2)19(3)18-7)13(20)15-12-9-5-4-6-14-11(9)16-17-12/h4-6H,1-3H3,(H2,14,15,16,17,20). The van der Waals surface area contributed by atoms with E-state index in [1.807, 2.05) is 27.0 Å². The number of aromatic nitrogens is 5. The summed E-state index contributed by atoms with van der Waals surface area (Å²) in [6, 6.07) is 3.65. The third-order valence-corrected chi connectivity index (χ3v) is 3.30. The molecule has 0 spiro atoms. The molecule has 3 rings (SSSR count). The van der Waals surface area contributed by atoms with Crippen LogP contribution in [0.4, 0.5) is 5.82 Å². The van der Waals surface area contributed by atoms with Gasteiger partial charge in [0.05, 0.1) is 16.6 Å². The van der Waals surface area contributed by atoms with Crippen LogP contribution in [0.1, 0.15) is 21.7 Å². The van der Waals surface area contributed by atoms with Gasteiger partial charge >= 0.3 is 0 Å². The van der Waals surface area contributed by atoms with Crippen LogP contribution < -0.4 is 5.32 Å². The minimum absolute atomic E-state index is 0.206. The molecule has 1 amide bonds. The average Bonchev–Trinajstić information content (AvgIpc) is 2.92. The van der Waals surface area contributed by atoms with Crippen LogP contribution >= 0.6 is 0 Å². The number of aromatic amines is 1. The molecule has 7 heteroatoms. The Morgan fingerprint density at radius 2 is 2.20 bits per heavy atom. The molecular formula is C13H14N6O. The number of carbonyl (C=O) groups excluding carboxylic acids is 1. The molecule has 0 radical (unpaired) electrons. The lowest BCUT2D eigenvalue weighted by Gasteiger charge is -2.03. The molecule has 20 heavy (non-hydrogen) atoms. The van der Waals surface area contributed by atoms with Gasteiger partial charge in [-0.05, 0) is 26.0 Å². The minimum atomic E-state index is -0.206. The van der Waals surface area contributed by atoms with Gasteiger partial charge in [0, 0.05) is 18.9 Å². The highest BCUT2D eigenvalue weighted by molar-refractivity contribution is 6.08. The largest absolute Gasteiger partial charge is 0.306 e. The predicted octanol–water partition coefficient (Wildman–Crippen LogP) is 1.56. The Hall–Kier alpha value is -2.70. The summed E-state index contributed by atoms with van der Waals surface area (Å²) in [5, 5.41) is 14.7. The van der Waals surface area contributed by atoms with E-state index < -0.39 is 0 Å². The summed E-state index contributed by atoms with van der Waals surface area (Å²) in [6.45, 7) is 3.68. The summed E-state index contributed by atoms with van der Waals surface area (Å²) >= 11 is 0. The van der Waals surface area contributed by atoms with Gasteiger partial charge in [0.15, 0.2) is 5.65 Å². The number of rotatable bonds is 2. The van der Waals surface area contributed by atoms with E-state index in [2.05, 4.69) is 25.6 Å². The quantitative estimate of drug-likeness (QED) is 0.739. The summed E-state index contributed by atoms with van der Waals surface area (Å²) in [6.07, 6.45) is 1.66. The van der Waals surface area contributed by atoms with E-state index in [9.17, 15) is 4.79 Å². The highest BCUT2D eigenvalue weighted by Gasteiger charge is 2.18. The lowest BCUT2D eigenvalue weighted by Crippen LogP contribution is -2.14. The topological polar surface area (TPSA) is 88.5 Å². The van der Waals surface area contributed by atoms with Crippen LogP contribution in [0, 0.1) is 13.8 Å². The third kappa shape index (κ3) is 1.83. The molecule has 2 N–H and O–H groups in total. The van der Waals surface area contributed by atoms with Crippen molar-refractivity contribution in [2.45, 2.75) is 13.8 Å². The van der Waals surface area contributed by atoms with Crippen molar-refractivity contribution in [3.63, 3.8) is 0 Å². The third-order valence-electron chi connectivity index (χ3n) is 3.30. The Kier molecular flexibility index (Phi) is 2.74. The lowest BCUT2D eigenvalue weighted by atomic mass is 10.2. The molecule has 0 saturated carbocycles. The van der Waals surface area contributed by atoms with E-state index in [1.165, 1.54) is 0 Å². The first kappa shape index (κ1) is 12.3. The molecule has 0 aromatic carbocycles. The number of aryl methyl sites for hydroxylation is 2. The van der Waals surface area contributed by atoms with Crippen molar-refractivity contribution in [1.82, 2.24) is 25.0 Å². The van der Waals surface area contributed by atoms with Gasteiger partial charge in [0.25, 0.3) is 5.91 Å². The first-order chi connectivity index (χ1) is 9.58. The maximum Gasteiger partial charge on any atom is 0.260 e. The smallest absolute Gasteiger partial charge is 0.260 e. The maximum absolute atomic E-state index is 12.4. The van der Waals surface area contributed by atoms with E-state index in [1.54, 1.807) is 16.9 Å². The normalized spacial score (nSPS) is 10.9. The molecule has 0 aliphatic heterocycles. The second-order valence-electron chi connectivity index (χ2n) is 4.60. The Bertz CT molecular complexity index is 800. The van der Waals surface area contributed by atoms with Crippen molar-refractivity contribution in [3.8, 4) is 0 Å². The fourth-order valence-electron chi connectivity index (χ4n) is 2.22. The van der Waals surface area contributed by atoms with Gasteiger partial charge in [-0.15, -0.1) is 0 Å². The van der Waals surface area contributed by atoms with E-state index in [0.717, 1.165) is 11.1 Å². The van der Waals surface area contributed by atoms with Gasteiger partial charge in [-0.25, -0.2) is 4.98 Å². The van der Waals surface area contributed by atoms with Gasteiger partial charge in [-0.1, -0.05) is 0 Å². The molecule has 0 aliphatic carbocycles. The Morgan fingerprint density at radius 1 is 1.40 bits per heavy atom. The zero-order chi connectivity index (χ0) is 14.3. The second kappa shape index (κ2) is 4.44. The molecule has 0 aliphatic rings. The molecule has 3 aromatic heterocycles. The molecule has 0 atom stereocenters. The van der Waals surface area contributed by atoms with Crippen LogP contribution in [0.2, 0.25) is 0 Å². The molecule has 3 aromatic rings. The summed E-state index contributed by atoms with van der Waals surface area (Å²) in [5.74, 6) is 0.336. The number of hydrogen-bond acceptors (Lipinski definition) is 4. The summed E-state index contributed by atoms with van der Waals surface area (Å²) in [7, 11) is 1.81. The Balaban J connectivity index is 1.97. The van der Waals surface area contributed by atoms with Crippen LogP contribution in [0.25, 0.3) is 11.0 Å². The molecule has 7 nitrogen and oxygen atoms in total. The number of anilines is 1. The van der Waals surface area contributed by atoms with Gasteiger partial charge in [-0.3, -0.25) is 14.6 Å². The zero-order valence-electron chi connectivity index (χ0n) is 11.4. The van der Waals surface area contributed by atoms with Gasteiger partial charge in [0.2, 0.25) is 0 Å². The van der Waals surface area contributed by atoms with Crippen LogP contribution in [-0.4, -0.2) is 30.9 Å². The summed E-state index contributed by atoms with van der Waals surface area (Å²) in [4.78, 5) is 16.5. The number of carbonyl (C=O) groups is 1. The number of nitrogens with one attached hydrogen (secondary N) is 2. The molecule has 102 valence electrons. The van der Waals surface area contributed by atoms with Gasteiger partial charge in [0.1, 0.15) is 5.82 Å². The highest BCUT2D eigenvalue weighted by atomic mass is 16.1. The fraction of sp³-hybridized carbons (Fsp3) is 0.231. The first-order valence-electron chi connectivity index (χ1n) is 6.18. The van der Waals surface area contributed by atoms with Crippen molar-refractivity contribution in [2.75, 3.05) is 5.32 Å². The van der Waals surface area contributed by atoms with Crippen molar-refractivity contribution in [2.24, 2.45) is 7.05 Å². The molecule has 0 saturated heterocycles. The van der Waals surface area contributed by atoms with E-state index in [-0.39, 0.29) is 5.91 Å². The number of nitrogens with zero attached hydrogens (tertiary/aromatic N) is 4. The summed E-state index contributed by atoms with van der Waals surface area (Å²) < 4.78 is 1.69. The molecule has 3 heterocycles.